The Hall–Kier alpha value is -2.26. The molecule has 1 aliphatic heterocycles. The van der Waals surface area contributed by atoms with Crippen LogP contribution in [0.1, 0.15) is 18.8 Å². The van der Waals surface area contributed by atoms with Gasteiger partial charge < -0.3 is 10.0 Å². The standard InChI is InChI=1S/C14H16ClFN6O2/c1-9(20-4-6-21(7-5-20)14(23)24)13-17-19-22(18-13)12-8-10(15)2-3-11(12)16/h2-3,8-9H,4-7H2,1H3,(H,23,24)/t9-/m0/s1. The molecule has 10 heteroatoms. The summed E-state index contributed by atoms with van der Waals surface area (Å²) < 4.78 is 13.9. The number of tetrazole rings is 1. The van der Waals surface area contributed by atoms with Gasteiger partial charge in [-0.25, -0.2) is 9.18 Å². The van der Waals surface area contributed by atoms with Crippen LogP contribution in [0.15, 0.2) is 18.2 Å². The highest BCUT2D eigenvalue weighted by molar-refractivity contribution is 6.30. The van der Waals surface area contributed by atoms with E-state index in [-0.39, 0.29) is 11.7 Å². The highest BCUT2D eigenvalue weighted by Gasteiger charge is 2.27. The average molecular weight is 355 g/mol. The van der Waals surface area contributed by atoms with E-state index in [4.69, 9.17) is 16.7 Å². The van der Waals surface area contributed by atoms with Crippen molar-refractivity contribution in [3.05, 3.63) is 34.9 Å². The molecule has 1 saturated heterocycles. The van der Waals surface area contributed by atoms with Gasteiger partial charge in [-0.2, -0.15) is 0 Å². The molecule has 0 bridgehead atoms. The van der Waals surface area contributed by atoms with Crippen molar-refractivity contribution in [3.8, 4) is 5.69 Å². The Balaban J connectivity index is 1.74. The van der Waals surface area contributed by atoms with Crippen LogP contribution in [-0.2, 0) is 0 Å². The predicted octanol–water partition coefficient (Wildman–Crippen LogP) is 1.81. The molecule has 1 fully saturated rings. The molecular weight excluding hydrogens is 339 g/mol. The van der Waals surface area contributed by atoms with Crippen molar-refractivity contribution in [2.24, 2.45) is 0 Å². The van der Waals surface area contributed by atoms with Gasteiger partial charge in [-0.15, -0.1) is 15.0 Å². The Morgan fingerprint density at radius 3 is 2.71 bits per heavy atom. The van der Waals surface area contributed by atoms with E-state index in [0.29, 0.717) is 37.0 Å². The first kappa shape index (κ1) is 16.6. The van der Waals surface area contributed by atoms with Crippen LogP contribution in [0.3, 0.4) is 0 Å². The van der Waals surface area contributed by atoms with Crippen LogP contribution in [0.2, 0.25) is 5.02 Å². The molecule has 0 saturated carbocycles. The maximum atomic E-state index is 13.9. The summed E-state index contributed by atoms with van der Waals surface area (Å²) in [7, 11) is 0. The molecule has 0 aliphatic carbocycles. The quantitative estimate of drug-likeness (QED) is 0.904. The van der Waals surface area contributed by atoms with Crippen molar-refractivity contribution in [2.45, 2.75) is 13.0 Å². The number of carbonyl (C=O) groups is 1. The molecule has 3 rings (SSSR count). The topological polar surface area (TPSA) is 87.4 Å². The summed E-state index contributed by atoms with van der Waals surface area (Å²) in [6.45, 7) is 3.92. The highest BCUT2D eigenvalue weighted by atomic mass is 35.5. The van der Waals surface area contributed by atoms with E-state index in [0.717, 1.165) is 4.80 Å². The summed E-state index contributed by atoms with van der Waals surface area (Å²) in [6.07, 6.45) is -0.914. The Kier molecular flexibility index (Phi) is 4.63. The van der Waals surface area contributed by atoms with Gasteiger partial charge in [0, 0.05) is 31.2 Å². The van der Waals surface area contributed by atoms with Crippen molar-refractivity contribution in [2.75, 3.05) is 26.2 Å². The first-order valence-electron chi connectivity index (χ1n) is 7.43. The van der Waals surface area contributed by atoms with E-state index < -0.39 is 11.9 Å². The van der Waals surface area contributed by atoms with E-state index in [2.05, 4.69) is 20.3 Å². The maximum absolute atomic E-state index is 13.9. The fourth-order valence-corrected chi connectivity index (χ4v) is 2.76. The van der Waals surface area contributed by atoms with E-state index in [1.54, 1.807) is 0 Å². The van der Waals surface area contributed by atoms with Gasteiger partial charge in [0.05, 0.1) is 6.04 Å². The second kappa shape index (κ2) is 6.70. The van der Waals surface area contributed by atoms with Crippen LogP contribution in [0.5, 0.6) is 0 Å². The van der Waals surface area contributed by atoms with Gasteiger partial charge in [0.2, 0.25) is 0 Å². The molecule has 1 atom stereocenters. The van der Waals surface area contributed by atoms with E-state index in [1.165, 1.54) is 23.1 Å². The molecule has 2 heterocycles. The fourth-order valence-electron chi connectivity index (χ4n) is 2.60. The molecule has 1 aromatic carbocycles. The Labute approximate surface area is 142 Å². The Morgan fingerprint density at radius 1 is 1.33 bits per heavy atom. The number of nitrogens with zero attached hydrogens (tertiary/aromatic N) is 6. The number of amides is 1. The molecular formula is C14H16ClFN6O2. The summed E-state index contributed by atoms with van der Waals surface area (Å²) in [5, 5.41) is 21.5. The second-order valence-electron chi connectivity index (χ2n) is 5.51. The smallest absolute Gasteiger partial charge is 0.407 e. The molecule has 1 aliphatic rings. The molecule has 1 aromatic heterocycles. The van der Waals surface area contributed by atoms with Crippen LogP contribution >= 0.6 is 11.6 Å². The molecule has 24 heavy (non-hydrogen) atoms. The number of benzene rings is 1. The van der Waals surface area contributed by atoms with Gasteiger partial charge in [0.1, 0.15) is 5.69 Å². The Bertz CT molecular complexity index is 747. The van der Waals surface area contributed by atoms with E-state index in [9.17, 15) is 9.18 Å². The van der Waals surface area contributed by atoms with Crippen LogP contribution in [0, 0.1) is 5.82 Å². The van der Waals surface area contributed by atoms with Crippen LogP contribution in [0.4, 0.5) is 9.18 Å². The number of hydrogen-bond acceptors (Lipinski definition) is 5. The lowest BCUT2D eigenvalue weighted by Crippen LogP contribution is -2.49. The number of carboxylic acid groups (broad SMARTS) is 1. The lowest BCUT2D eigenvalue weighted by molar-refractivity contribution is 0.0869. The van der Waals surface area contributed by atoms with Crippen molar-refractivity contribution in [3.63, 3.8) is 0 Å². The van der Waals surface area contributed by atoms with E-state index >= 15 is 0 Å². The zero-order valence-corrected chi connectivity index (χ0v) is 13.7. The molecule has 1 N–H and O–H groups in total. The minimum atomic E-state index is -0.914. The van der Waals surface area contributed by atoms with Gasteiger partial charge in [-0.3, -0.25) is 4.90 Å². The fraction of sp³-hybridized carbons (Fsp3) is 0.429. The number of rotatable bonds is 3. The third-order valence-electron chi connectivity index (χ3n) is 4.06. The largest absolute Gasteiger partial charge is 0.465 e. The summed E-state index contributed by atoms with van der Waals surface area (Å²) in [6, 6.07) is 3.97. The van der Waals surface area contributed by atoms with Gasteiger partial charge in [-0.05, 0) is 30.3 Å². The van der Waals surface area contributed by atoms with Crippen molar-refractivity contribution < 1.29 is 14.3 Å². The summed E-state index contributed by atoms with van der Waals surface area (Å²) in [5.74, 6) is -0.0516. The predicted molar refractivity (Wildman–Crippen MR) is 83.7 cm³/mol. The Morgan fingerprint density at radius 2 is 2.04 bits per heavy atom. The summed E-state index contributed by atoms with van der Waals surface area (Å²) >= 11 is 5.88. The minimum Gasteiger partial charge on any atom is -0.465 e. The van der Waals surface area contributed by atoms with Crippen molar-refractivity contribution >= 4 is 17.7 Å². The second-order valence-corrected chi connectivity index (χ2v) is 5.95. The van der Waals surface area contributed by atoms with Gasteiger partial charge in [-0.1, -0.05) is 11.6 Å². The first-order valence-corrected chi connectivity index (χ1v) is 7.81. The minimum absolute atomic E-state index is 0.129. The summed E-state index contributed by atoms with van der Waals surface area (Å²) in [4.78, 5) is 15.5. The van der Waals surface area contributed by atoms with Crippen LogP contribution < -0.4 is 0 Å². The van der Waals surface area contributed by atoms with Crippen LogP contribution in [-0.4, -0.2) is 67.4 Å². The lowest BCUT2D eigenvalue weighted by atomic mass is 10.2. The third kappa shape index (κ3) is 3.31. The number of piperazine rings is 1. The molecule has 0 spiro atoms. The van der Waals surface area contributed by atoms with Gasteiger partial charge in [0.25, 0.3) is 0 Å². The molecule has 128 valence electrons. The maximum Gasteiger partial charge on any atom is 0.407 e. The number of halogens is 2. The van der Waals surface area contributed by atoms with E-state index in [1.807, 2.05) is 6.92 Å². The monoisotopic (exact) mass is 354 g/mol. The third-order valence-corrected chi connectivity index (χ3v) is 4.29. The first-order chi connectivity index (χ1) is 11.5. The molecule has 0 unspecified atom stereocenters. The molecule has 8 nitrogen and oxygen atoms in total. The molecule has 2 aromatic rings. The zero-order chi connectivity index (χ0) is 17.3. The average Bonchev–Trinajstić information content (AvgIpc) is 3.06. The van der Waals surface area contributed by atoms with Gasteiger partial charge >= 0.3 is 6.09 Å². The van der Waals surface area contributed by atoms with Crippen molar-refractivity contribution in [1.82, 2.24) is 30.0 Å². The van der Waals surface area contributed by atoms with Crippen molar-refractivity contribution in [1.29, 1.82) is 0 Å². The molecule has 1 amide bonds. The highest BCUT2D eigenvalue weighted by Crippen LogP contribution is 2.20. The molecule has 0 radical (unpaired) electrons. The lowest BCUT2D eigenvalue weighted by Gasteiger charge is -2.35. The van der Waals surface area contributed by atoms with Crippen LogP contribution in [0.25, 0.3) is 5.69 Å². The summed E-state index contributed by atoms with van der Waals surface area (Å²) in [5.41, 5.74) is 0.129. The zero-order valence-electron chi connectivity index (χ0n) is 12.9. The normalized spacial score (nSPS) is 17.0. The number of aromatic nitrogens is 4. The number of hydrogen-bond donors (Lipinski definition) is 1. The SMILES string of the molecule is C[C@@H](c1nnn(-c2cc(Cl)ccc2F)n1)N1CCN(C(=O)O)CC1. The van der Waals surface area contributed by atoms with Gasteiger partial charge in [0.15, 0.2) is 11.6 Å².